The summed E-state index contributed by atoms with van der Waals surface area (Å²) in [5.74, 6) is 1.49. The van der Waals surface area contributed by atoms with Crippen LogP contribution in [0.25, 0.3) is 0 Å². The van der Waals surface area contributed by atoms with Gasteiger partial charge in [0, 0.05) is 24.6 Å². The summed E-state index contributed by atoms with van der Waals surface area (Å²) in [5, 5.41) is 3.29. The van der Waals surface area contributed by atoms with E-state index in [0.717, 1.165) is 45.1 Å². The highest BCUT2D eigenvalue weighted by molar-refractivity contribution is 5.16. The molecule has 1 aliphatic rings. The minimum absolute atomic E-state index is 0.558. The predicted molar refractivity (Wildman–Crippen MR) is 64.7 cm³/mol. The van der Waals surface area contributed by atoms with E-state index >= 15 is 0 Å². The largest absolute Gasteiger partial charge is 0.467 e. The van der Waals surface area contributed by atoms with Gasteiger partial charge in [0.1, 0.15) is 12.4 Å². The summed E-state index contributed by atoms with van der Waals surface area (Å²) >= 11 is 0. The number of rotatable bonds is 7. The summed E-state index contributed by atoms with van der Waals surface area (Å²) < 4.78 is 16.4. The first-order chi connectivity index (χ1) is 8.40. The van der Waals surface area contributed by atoms with Crippen molar-refractivity contribution < 1.29 is 13.9 Å². The van der Waals surface area contributed by atoms with Gasteiger partial charge in [-0.05, 0) is 19.0 Å². The normalized spacial score (nSPS) is 19.9. The van der Waals surface area contributed by atoms with Crippen LogP contribution in [0.4, 0.5) is 0 Å². The van der Waals surface area contributed by atoms with E-state index < -0.39 is 0 Å². The monoisotopic (exact) mass is 239 g/mol. The SMILES string of the molecule is CCNCc1ccoc1COCC1CCOC1. The van der Waals surface area contributed by atoms with Gasteiger partial charge in [-0.1, -0.05) is 6.92 Å². The second-order valence-corrected chi connectivity index (χ2v) is 4.39. The summed E-state index contributed by atoms with van der Waals surface area (Å²) in [5.41, 5.74) is 1.19. The molecule has 2 heterocycles. The number of furan rings is 1. The van der Waals surface area contributed by atoms with Crippen LogP contribution in [0.5, 0.6) is 0 Å². The fourth-order valence-corrected chi connectivity index (χ4v) is 1.94. The minimum atomic E-state index is 0.558. The molecule has 4 nitrogen and oxygen atoms in total. The van der Waals surface area contributed by atoms with E-state index in [1.54, 1.807) is 6.26 Å². The Morgan fingerprint density at radius 2 is 2.47 bits per heavy atom. The fraction of sp³-hybridized carbons (Fsp3) is 0.692. The molecule has 0 aromatic carbocycles. The zero-order valence-electron chi connectivity index (χ0n) is 10.4. The van der Waals surface area contributed by atoms with Crippen LogP contribution in [0.1, 0.15) is 24.7 Å². The molecule has 1 fully saturated rings. The molecule has 0 radical (unpaired) electrons. The summed E-state index contributed by atoms with van der Waals surface area (Å²) in [4.78, 5) is 0. The third-order valence-corrected chi connectivity index (χ3v) is 3.01. The van der Waals surface area contributed by atoms with E-state index in [-0.39, 0.29) is 0 Å². The number of ether oxygens (including phenoxy) is 2. The zero-order valence-corrected chi connectivity index (χ0v) is 10.4. The second kappa shape index (κ2) is 6.79. The molecule has 1 N–H and O–H groups in total. The molecule has 1 aromatic rings. The highest BCUT2D eigenvalue weighted by atomic mass is 16.5. The fourth-order valence-electron chi connectivity index (χ4n) is 1.94. The van der Waals surface area contributed by atoms with Gasteiger partial charge in [0.05, 0.1) is 19.5 Å². The lowest BCUT2D eigenvalue weighted by Crippen LogP contribution is -2.13. The van der Waals surface area contributed by atoms with Gasteiger partial charge in [-0.2, -0.15) is 0 Å². The van der Waals surface area contributed by atoms with Crippen LogP contribution in [0.2, 0.25) is 0 Å². The maximum absolute atomic E-state index is 5.68. The molecule has 1 aromatic heterocycles. The summed E-state index contributed by atoms with van der Waals surface area (Å²) in [6, 6.07) is 2.00. The maximum Gasteiger partial charge on any atom is 0.133 e. The van der Waals surface area contributed by atoms with Gasteiger partial charge < -0.3 is 19.2 Å². The Bertz CT molecular complexity index is 318. The van der Waals surface area contributed by atoms with Crippen molar-refractivity contribution >= 4 is 0 Å². The van der Waals surface area contributed by atoms with Crippen molar-refractivity contribution in [2.75, 3.05) is 26.4 Å². The Morgan fingerprint density at radius 3 is 3.24 bits per heavy atom. The van der Waals surface area contributed by atoms with Gasteiger partial charge in [-0.25, -0.2) is 0 Å². The van der Waals surface area contributed by atoms with Gasteiger partial charge in [-0.15, -0.1) is 0 Å². The molecule has 0 saturated carbocycles. The quantitative estimate of drug-likeness (QED) is 0.789. The Kier molecular flexibility index (Phi) is 5.04. The maximum atomic E-state index is 5.68. The molecule has 17 heavy (non-hydrogen) atoms. The molecular weight excluding hydrogens is 218 g/mol. The molecule has 2 rings (SSSR count). The Morgan fingerprint density at radius 1 is 1.53 bits per heavy atom. The van der Waals surface area contributed by atoms with Gasteiger partial charge >= 0.3 is 0 Å². The number of hydrogen-bond acceptors (Lipinski definition) is 4. The number of nitrogens with one attached hydrogen (secondary N) is 1. The van der Waals surface area contributed by atoms with Crippen molar-refractivity contribution in [3.63, 3.8) is 0 Å². The average Bonchev–Trinajstić information content (AvgIpc) is 2.98. The van der Waals surface area contributed by atoms with Crippen molar-refractivity contribution in [3.05, 3.63) is 23.7 Å². The van der Waals surface area contributed by atoms with Crippen LogP contribution in [-0.4, -0.2) is 26.4 Å². The number of hydrogen-bond donors (Lipinski definition) is 1. The van der Waals surface area contributed by atoms with E-state index in [1.807, 2.05) is 6.07 Å². The van der Waals surface area contributed by atoms with Crippen LogP contribution in [0.15, 0.2) is 16.7 Å². The third kappa shape index (κ3) is 3.84. The summed E-state index contributed by atoms with van der Waals surface area (Å²) in [6.45, 7) is 6.94. The van der Waals surface area contributed by atoms with Crippen LogP contribution < -0.4 is 5.32 Å². The van der Waals surface area contributed by atoms with E-state index in [2.05, 4.69) is 12.2 Å². The Labute approximate surface area is 102 Å². The molecule has 1 saturated heterocycles. The lowest BCUT2D eigenvalue weighted by Gasteiger charge is -2.08. The Hall–Kier alpha value is -0.840. The van der Waals surface area contributed by atoms with Gasteiger partial charge in [-0.3, -0.25) is 0 Å². The smallest absolute Gasteiger partial charge is 0.133 e. The first-order valence-electron chi connectivity index (χ1n) is 6.31. The van der Waals surface area contributed by atoms with Crippen LogP contribution >= 0.6 is 0 Å². The molecule has 1 aliphatic heterocycles. The minimum Gasteiger partial charge on any atom is -0.467 e. The topological polar surface area (TPSA) is 43.6 Å². The molecule has 96 valence electrons. The highest BCUT2D eigenvalue weighted by Crippen LogP contribution is 2.15. The molecular formula is C13H21NO3. The molecule has 1 atom stereocenters. The molecule has 0 bridgehead atoms. The lowest BCUT2D eigenvalue weighted by atomic mass is 10.1. The molecule has 1 unspecified atom stereocenters. The van der Waals surface area contributed by atoms with Crippen molar-refractivity contribution in [2.45, 2.75) is 26.5 Å². The highest BCUT2D eigenvalue weighted by Gasteiger charge is 2.16. The van der Waals surface area contributed by atoms with Crippen molar-refractivity contribution in [1.82, 2.24) is 5.32 Å². The van der Waals surface area contributed by atoms with E-state index in [4.69, 9.17) is 13.9 Å². The van der Waals surface area contributed by atoms with Crippen molar-refractivity contribution in [2.24, 2.45) is 5.92 Å². The molecule has 0 spiro atoms. The first kappa shape index (κ1) is 12.6. The van der Waals surface area contributed by atoms with E-state index in [9.17, 15) is 0 Å². The lowest BCUT2D eigenvalue weighted by molar-refractivity contribution is 0.0685. The summed E-state index contributed by atoms with van der Waals surface area (Å²) in [6.07, 6.45) is 2.84. The molecule has 4 heteroatoms. The van der Waals surface area contributed by atoms with Crippen molar-refractivity contribution in [3.8, 4) is 0 Å². The molecule has 0 amide bonds. The van der Waals surface area contributed by atoms with Crippen LogP contribution in [0.3, 0.4) is 0 Å². The third-order valence-electron chi connectivity index (χ3n) is 3.01. The van der Waals surface area contributed by atoms with Gasteiger partial charge in [0.15, 0.2) is 0 Å². The van der Waals surface area contributed by atoms with Gasteiger partial charge in [0.2, 0.25) is 0 Å². The van der Waals surface area contributed by atoms with E-state index in [1.165, 1.54) is 5.56 Å². The first-order valence-corrected chi connectivity index (χ1v) is 6.31. The molecule has 0 aliphatic carbocycles. The van der Waals surface area contributed by atoms with Crippen LogP contribution in [-0.2, 0) is 22.6 Å². The average molecular weight is 239 g/mol. The zero-order chi connectivity index (χ0) is 11.9. The van der Waals surface area contributed by atoms with Crippen LogP contribution in [0, 0.1) is 5.92 Å². The van der Waals surface area contributed by atoms with Crippen molar-refractivity contribution in [1.29, 1.82) is 0 Å². The Balaban J connectivity index is 1.72. The second-order valence-electron chi connectivity index (χ2n) is 4.39. The summed E-state index contributed by atoms with van der Waals surface area (Å²) in [7, 11) is 0. The van der Waals surface area contributed by atoms with Gasteiger partial charge in [0.25, 0.3) is 0 Å². The van der Waals surface area contributed by atoms with E-state index in [0.29, 0.717) is 12.5 Å². The predicted octanol–water partition coefficient (Wildman–Crippen LogP) is 1.94. The standard InChI is InChI=1S/C13H21NO3/c1-2-14-7-12-4-6-17-13(12)10-16-9-11-3-5-15-8-11/h4,6,11,14H,2-3,5,7-10H2,1H3.